The van der Waals surface area contributed by atoms with Crippen LogP contribution in [-0.4, -0.2) is 36.1 Å². The fourth-order valence-electron chi connectivity index (χ4n) is 4.18. The SMILES string of the molecule is CC(CC1CCC1)N1CCCC1C1CCCN1. The molecule has 3 rings (SSSR count). The van der Waals surface area contributed by atoms with Crippen molar-refractivity contribution in [1.82, 2.24) is 10.2 Å². The fraction of sp³-hybridized carbons (Fsp3) is 1.00. The molecule has 0 bridgehead atoms. The molecule has 98 valence electrons. The Kier molecular flexibility index (Phi) is 3.72. The van der Waals surface area contributed by atoms with E-state index in [2.05, 4.69) is 17.1 Å². The zero-order valence-corrected chi connectivity index (χ0v) is 11.3. The van der Waals surface area contributed by atoms with E-state index in [0.29, 0.717) is 0 Å². The van der Waals surface area contributed by atoms with Crippen molar-refractivity contribution in [3.05, 3.63) is 0 Å². The Morgan fingerprint density at radius 2 is 2.00 bits per heavy atom. The maximum atomic E-state index is 3.72. The van der Waals surface area contributed by atoms with Crippen LogP contribution in [0.25, 0.3) is 0 Å². The normalized spacial score (nSPS) is 37.2. The second kappa shape index (κ2) is 5.27. The molecule has 2 heteroatoms. The maximum absolute atomic E-state index is 3.72. The molecular weight excluding hydrogens is 208 g/mol. The smallest absolute Gasteiger partial charge is 0.0252 e. The second-order valence-electron chi connectivity index (χ2n) is 6.53. The van der Waals surface area contributed by atoms with Crippen molar-refractivity contribution in [3.63, 3.8) is 0 Å². The van der Waals surface area contributed by atoms with Gasteiger partial charge in [-0.3, -0.25) is 4.90 Å². The van der Waals surface area contributed by atoms with Crippen LogP contribution in [0.1, 0.15) is 58.3 Å². The first kappa shape index (κ1) is 12.0. The molecule has 3 fully saturated rings. The van der Waals surface area contributed by atoms with Gasteiger partial charge in [0, 0.05) is 18.1 Å². The Labute approximate surface area is 106 Å². The highest BCUT2D eigenvalue weighted by Gasteiger charge is 2.36. The lowest BCUT2D eigenvalue weighted by Gasteiger charge is -2.37. The molecule has 1 N–H and O–H groups in total. The van der Waals surface area contributed by atoms with E-state index in [1.807, 2.05) is 0 Å². The maximum Gasteiger partial charge on any atom is 0.0252 e. The van der Waals surface area contributed by atoms with Crippen LogP contribution in [0.15, 0.2) is 0 Å². The molecule has 2 saturated heterocycles. The Morgan fingerprint density at radius 3 is 2.65 bits per heavy atom. The van der Waals surface area contributed by atoms with Crippen molar-refractivity contribution in [2.45, 2.75) is 76.4 Å². The molecule has 1 aliphatic carbocycles. The standard InChI is InChI=1S/C15H28N2/c1-12(11-13-5-2-6-13)17-10-4-8-15(17)14-7-3-9-16-14/h12-16H,2-11H2,1H3. The Hall–Kier alpha value is -0.0800. The van der Waals surface area contributed by atoms with E-state index in [4.69, 9.17) is 0 Å². The van der Waals surface area contributed by atoms with Gasteiger partial charge >= 0.3 is 0 Å². The average Bonchev–Trinajstić information content (AvgIpc) is 2.91. The number of rotatable bonds is 4. The van der Waals surface area contributed by atoms with Crippen LogP contribution in [0, 0.1) is 5.92 Å². The summed E-state index contributed by atoms with van der Waals surface area (Å²) in [5.74, 6) is 1.06. The molecule has 0 amide bonds. The third kappa shape index (κ3) is 2.53. The molecule has 0 aromatic rings. The monoisotopic (exact) mass is 236 g/mol. The molecular formula is C15H28N2. The number of hydrogen-bond acceptors (Lipinski definition) is 2. The minimum atomic E-state index is 0.807. The Balaban J connectivity index is 1.55. The molecule has 0 radical (unpaired) electrons. The van der Waals surface area contributed by atoms with Crippen molar-refractivity contribution in [3.8, 4) is 0 Å². The number of nitrogens with zero attached hydrogens (tertiary/aromatic N) is 1. The minimum absolute atomic E-state index is 0.807. The van der Waals surface area contributed by atoms with Crippen molar-refractivity contribution >= 4 is 0 Å². The van der Waals surface area contributed by atoms with E-state index in [1.54, 1.807) is 0 Å². The molecule has 17 heavy (non-hydrogen) atoms. The summed E-state index contributed by atoms with van der Waals surface area (Å²) in [7, 11) is 0. The quantitative estimate of drug-likeness (QED) is 0.807. The Bertz CT molecular complexity index is 243. The molecule has 0 spiro atoms. The summed E-state index contributed by atoms with van der Waals surface area (Å²) in [6.45, 7) is 5.09. The second-order valence-corrected chi connectivity index (χ2v) is 6.53. The highest BCUT2D eigenvalue weighted by atomic mass is 15.2. The van der Waals surface area contributed by atoms with Crippen molar-refractivity contribution in [2.75, 3.05) is 13.1 Å². The number of hydrogen-bond donors (Lipinski definition) is 1. The van der Waals surface area contributed by atoms with Crippen LogP contribution in [0.3, 0.4) is 0 Å². The topological polar surface area (TPSA) is 15.3 Å². The van der Waals surface area contributed by atoms with Gasteiger partial charge in [0.25, 0.3) is 0 Å². The van der Waals surface area contributed by atoms with Crippen molar-refractivity contribution < 1.29 is 0 Å². The molecule has 2 aliphatic heterocycles. The van der Waals surface area contributed by atoms with E-state index in [9.17, 15) is 0 Å². The van der Waals surface area contributed by atoms with Gasteiger partial charge in [-0.2, -0.15) is 0 Å². The molecule has 0 aromatic carbocycles. The zero-order chi connectivity index (χ0) is 11.7. The first-order valence-electron chi connectivity index (χ1n) is 7.84. The number of nitrogens with one attached hydrogen (secondary N) is 1. The predicted octanol–water partition coefficient (Wildman–Crippen LogP) is 2.78. The van der Waals surface area contributed by atoms with Gasteiger partial charge in [-0.05, 0) is 58.0 Å². The van der Waals surface area contributed by atoms with Gasteiger partial charge in [0.05, 0.1) is 0 Å². The summed E-state index contributed by atoms with van der Waals surface area (Å²) in [6, 6.07) is 2.49. The van der Waals surface area contributed by atoms with Crippen molar-refractivity contribution in [2.24, 2.45) is 5.92 Å². The van der Waals surface area contributed by atoms with Crippen LogP contribution < -0.4 is 5.32 Å². The molecule has 3 unspecified atom stereocenters. The molecule has 3 atom stereocenters. The summed E-state index contributed by atoms with van der Waals surface area (Å²) >= 11 is 0. The van der Waals surface area contributed by atoms with Gasteiger partial charge in [-0.15, -0.1) is 0 Å². The van der Waals surface area contributed by atoms with Crippen LogP contribution >= 0.6 is 0 Å². The van der Waals surface area contributed by atoms with E-state index >= 15 is 0 Å². The van der Waals surface area contributed by atoms with E-state index in [1.165, 1.54) is 64.5 Å². The zero-order valence-electron chi connectivity index (χ0n) is 11.3. The Morgan fingerprint density at radius 1 is 1.12 bits per heavy atom. The van der Waals surface area contributed by atoms with Gasteiger partial charge in [0.2, 0.25) is 0 Å². The summed E-state index contributed by atoms with van der Waals surface area (Å²) in [4.78, 5) is 2.83. The highest BCUT2D eigenvalue weighted by Crippen LogP contribution is 2.34. The van der Waals surface area contributed by atoms with Gasteiger partial charge in [-0.1, -0.05) is 19.3 Å². The molecule has 1 saturated carbocycles. The predicted molar refractivity (Wildman–Crippen MR) is 72.2 cm³/mol. The van der Waals surface area contributed by atoms with Gasteiger partial charge in [-0.25, -0.2) is 0 Å². The highest BCUT2D eigenvalue weighted by molar-refractivity contribution is 4.94. The molecule has 2 nitrogen and oxygen atoms in total. The van der Waals surface area contributed by atoms with Gasteiger partial charge in [0.15, 0.2) is 0 Å². The molecule has 2 heterocycles. The van der Waals surface area contributed by atoms with E-state index < -0.39 is 0 Å². The first-order valence-corrected chi connectivity index (χ1v) is 7.84. The van der Waals surface area contributed by atoms with Crippen LogP contribution in [0.4, 0.5) is 0 Å². The largest absolute Gasteiger partial charge is 0.312 e. The number of likely N-dealkylation sites (tertiary alicyclic amines) is 1. The summed E-state index contributed by atoms with van der Waals surface area (Å²) in [5, 5.41) is 3.72. The molecule has 3 aliphatic rings. The fourth-order valence-corrected chi connectivity index (χ4v) is 4.18. The summed E-state index contributed by atoms with van der Waals surface area (Å²) in [5.41, 5.74) is 0. The lowest BCUT2D eigenvalue weighted by Crippen LogP contribution is -2.48. The van der Waals surface area contributed by atoms with Crippen LogP contribution in [-0.2, 0) is 0 Å². The van der Waals surface area contributed by atoms with Crippen LogP contribution in [0.2, 0.25) is 0 Å². The lowest BCUT2D eigenvalue weighted by atomic mass is 9.80. The van der Waals surface area contributed by atoms with Crippen LogP contribution in [0.5, 0.6) is 0 Å². The van der Waals surface area contributed by atoms with Gasteiger partial charge < -0.3 is 5.32 Å². The van der Waals surface area contributed by atoms with Crippen molar-refractivity contribution in [1.29, 1.82) is 0 Å². The van der Waals surface area contributed by atoms with E-state index in [-0.39, 0.29) is 0 Å². The third-order valence-corrected chi connectivity index (χ3v) is 5.37. The third-order valence-electron chi connectivity index (χ3n) is 5.37. The summed E-state index contributed by atoms with van der Waals surface area (Å²) in [6.07, 6.45) is 11.6. The first-order chi connectivity index (χ1) is 8.34. The lowest BCUT2D eigenvalue weighted by molar-refractivity contribution is 0.125. The average molecular weight is 236 g/mol. The van der Waals surface area contributed by atoms with Gasteiger partial charge in [0.1, 0.15) is 0 Å². The minimum Gasteiger partial charge on any atom is -0.312 e. The van der Waals surface area contributed by atoms with E-state index in [0.717, 1.165) is 24.0 Å². The summed E-state index contributed by atoms with van der Waals surface area (Å²) < 4.78 is 0. The molecule has 0 aromatic heterocycles.